The van der Waals surface area contributed by atoms with Crippen molar-refractivity contribution in [3.63, 3.8) is 0 Å². The summed E-state index contributed by atoms with van der Waals surface area (Å²) in [6.07, 6.45) is 1.46. The highest BCUT2D eigenvalue weighted by Crippen LogP contribution is 2.36. The van der Waals surface area contributed by atoms with E-state index in [1.54, 1.807) is 0 Å². The van der Waals surface area contributed by atoms with Gasteiger partial charge in [-0.2, -0.15) is 0 Å². The Labute approximate surface area is 190 Å². The van der Waals surface area contributed by atoms with Crippen molar-refractivity contribution in [3.05, 3.63) is 42.0 Å². The van der Waals surface area contributed by atoms with Gasteiger partial charge in [-0.3, -0.25) is 4.79 Å². The Morgan fingerprint density at radius 2 is 1.87 bits per heavy atom. The van der Waals surface area contributed by atoms with Crippen LogP contribution in [0.25, 0.3) is 10.4 Å². The number of thiophene rings is 1. The molecule has 2 saturated heterocycles. The van der Waals surface area contributed by atoms with Gasteiger partial charge in [0.15, 0.2) is 5.11 Å². The van der Waals surface area contributed by atoms with Gasteiger partial charge in [0.2, 0.25) is 0 Å². The van der Waals surface area contributed by atoms with Crippen molar-refractivity contribution in [1.29, 1.82) is 0 Å². The number of amides is 1. The number of thiocarbonyl (C=S) groups is 1. The van der Waals surface area contributed by atoms with Crippen molar-refractivity contribution < 1.29 is 19.1 Å². The summed E-state index contributed by atoms with van der Waals surface area (Å²) in [6.45, 7) is 3.14. The lowest BCUT2D eigenvalue weighted by Crippen LogP contribution is -2.53. The van der Waals surface area contributed by atoms with Gasteiger partial charge in [0.25, 0.3) is 5.91 Å². The van der Waals surface area contributed by atoms with Gasteiger partial charge in [-0.1, -0.05) is 30.3 Å². The third kappa shape index (κ3) is 4.89. The molecule has 0 aliphatic carbocycles. The van der Waals surface area contributed by atoms with E-state index in [4.69, 9.17) is 21.7 Å². The summed E-state index contributed by atoms with van der Waals surface area (Å²) in [6, 6.07) is 11.7. The molecular formula is C22H25N3O4S2. The van der Waals surface area contributed by atoms with Gasteiger partial charge in [0.05, 0.1) is 12.7 Å². The van der Waals surface area contributed by atoms with Crippen LogP contribution in [-0.2, 0) is 14.3 Å². The van der Waals surface area contributed by atoms with Crippen LogP contribution in [-0.4, -0.2) is 72.8 Å². The van der Waals surface area contributed by atoms with Crippen LogP contribution < -0.4 is 5.32 Å². The Bertz CT molecular complexity index is 949. The molecule has 1 aromatic heterocycles. The van der Waals surface area contributed by atoms with E-state index >= 15 is 0 Å². The summed E-state index contributed by atoms with van der Waals surface area (Å²) in [7, 11) is 1.37. The van der Waals surface area contributed by atoms with Gasteiger partial charge in [0.1, 0.15) is 11.1 Å². The second-order valence-electron chi connectivity index (χ2n) is 7.46. The number of nitrogens with one attached hydrogen (secondary N) is 1. The van der Waals surface area contributed by atoms with Crippen LogP contribution in [0.1, 0.15) is 23.2 Å². The number of carbonyl (C=O) groups excluding carboxylic acids is 2. The first-order valence-corrected chi connectivity index (χ1v) is 11.5. The highest BCUT2D eigenvalue weighted by molar-refractivity contribution is 7.80. The Morgan fingerprint density at radius 3 is 2.52 bits per heavy atom. The van der Waals surface area contributed by atoms with Crippen LogP contribution in [0.15, 0.2) is 36.4 Å². The number of anilines is 1. The van der Waals surface area contributed by atoms with Gasteiger partial charge in [0, 0.05) is 37.7 Å². The fourth-order valence-corrected chi connectivity index (χ4v) is 5.17. The Kier molecular flexibility index (Phi) is 6.84. The van der Waals surface area contributed by atoms with E-state index in [2.05, 4.69) is 5.32 Å². The zero-order valence-electron chi connectivity index (χ0n) is 17.3. The first kappa shape index (κ1) is 21.7. The molecule has 164 valence electrons. The van der Waals surface area contributed by atoms with E-state index in [-0.39, 0.29) is 12.0 Å². The smallest absolute Gasteiger partial charge is 0.340 e. The van der Waals surface area contributed by atoms with E-state index in [0.29, 0.717) is 48.5 Å². The van der Waals surface area contributed by atoms with E-state index in [1.807, 2.05) is 46.2 Å². The predicted octanol–water partition coefficient (Wildman–Crippen LogP) is 3.22. The van der Waals surface area contributed by atoms with E-state index in [0.717, 1.165) is 23.3 Å². The van der Waals surface area contributed by atoms with Crippen LogP contribution in [0.2, 0.25) is 0 Å². The number of hydrogen-bond acceptors (Lipinski definition) is 6. The lowest BCUT2D eigenvalue weighted by molar-refractivity contribution is -0.142. The summed E-state index contributed by atoms with van der Waals surface area (Å²) in [5, 5.41) is 4.43. The molecule has 1 atom stereocenters. The molecule has 0 spiro atoms. The van der Waals surface area contributed by atoms with Crippen LogP contribution in [0.3, 0.4) is 0 Å². The fourth-order valence-electron chi connectivity index (χ4n) is 3.77. The zero-order valence-corrected chi connectivity index (χ0v) is 19.0. The molecule has 1 aromatic carbocycles. The number of benzene rings is 1. The van der Waals surface area contributed by atoms with E-state index in [1.165, 1.54) is 18.4 Å². The largest absolute Gasteiger partial charge is 0.465 e. The molecule has 9 heteroatoms. The van der Waals surface area contributed by atoms with Gasteiger partial charge in [-0.15, -0.1) is 11.3 Å². The summed E-state index contributed by atoms with van der Waals surface area (Å²) >= 11 is 7.08. The third-order valence-electron chi connectivity index (χ3n) is 5.50. The maximum atomic E-state index is 12.5. The Morgan fingerprint density at radius 1 is 1.16 bits per heavy atom. The number of esters is 1. The lowest BCUT2D eigenvalue weighted by Gasteiger charge is -2.37. The minimum absolute atomic E-state index is 0.0785. The molecule has 1 N–H and O–H groups in total. The molecule has 4 rings (SSSR count). The SMILES string of the molecule is COC(=O)c1cc(-c2ccccc2)sc1NC(=S)N1CCN(C(=O)C2CCCO2)CC1. The molecule has 7 nitrogen and oxygen atoms in total. The molecule has 0 saturated carbocycles. The van der Waals surface area contributed by atoms with Gasteiger partial charge in [-0.05, 0) is 36.7 Å². The van der Waals surface area contributed by atoms with Crippen LogP contribution in [0.4, 0.5) is 5.00 Å². The highest BCUT2D eigenvalue weighted by Gasteiger charge is 2.31. The van der Waals surface area contributed by atoms with Crippen molar-refractivity contribution in [2.45, 2.75) is 18.9 Å². The summed E-state index contributed by atoms with van der Waals surface area (Å²) in [5.41, 5.74) is 1.48. The quantitative estimate of drug-likeness (QED) is 0.556. The molecule has 2 aromatic rings. The van der Waals surface area contributed by atoms with Gasteiger partial charge >= 0.3 is 5.97 Å². The van der Waals surface area contributed by atoms with Crippen LogP contribution >= 0.6 is 23.6 Å². The van der Waals surface area contributed by atoms with Crippen molar-refractivity contribution in [2.75, 3.05) is 45.2 Å². The number of rotatable bonds is 4. The normalized spacial score (nSPS) is 18.7. The molecule has 1 unspecified atom stereocenters. The molecule has 1 amide bonds. The summed E-state index contributed by atoms with van der Waals surface area (Å²) in [5.74, 6) is -0.328. The maximum Gasteiger partial charge on any atom is 0.340 e. The topological polar surface area (TPSA) is 71.1 Å². The Balaban J connectivity index is 1.42. The minimum Gasteiger partial charge on any atom is -0.465 e. The number of methoxy groups -OCH3 is 1. The van der Waals surface area contributed by atoms with Crippen molar-refractivity contribution in [3.8, 4) is 10.4 Å². The highest BCUT2D eigenvalue weighted by atomic mass is 32.1. The third-order valence-corrected chi connectivity index (χ3v) is 6.96. The second kappa shape index (κ2) is 9.76. The molecule has 2 fully saturated rings. The average Bonchev–Trinajstić information content (AvgIpc) is 3.49. The fraction of sp³-hybridized carbons (Fsp3) is 0.409. The number of hydrogen-bond donors (Lipinski definition) is 1. The zero-order chi connectivity index (χ0) is 21.8. The lowest BCUT2D eigenvalue weighted by atomic mass is 10.1. The molecule has 3 heterocycles. The molecule has 0 radical (unpaired) electrons. The van der Waals surface area contributed by atoms with Gasteiger partial charge in [-0.25, -0.2) is 4.79 Å². The predicted molar refractivity (Wildman–Crippen MR) is 124 cm³/mol. The number of nitrogens with zero attached hydrogens (tertiary/aromatic N) is 2. The van der Waals surface area contributed by atoms with Crippen LogP contribution in [0.5, 0.6) is 0 Å². The Hall–Kier alpha value is -2.49. The number of ether oxygens (including phenoxy) is 2. The minimum atomic E-state index is -0.407. The maximum absolute atomic E-state index is 12.5. The first-order valence-electron chi connectivity index (χ1n) is 10.3. The molecular weight excluding hydrogens is 434 g/mol. The molecule has 2 aliphatic heterocycles. The monoisotopic (exact) mass is 459 g/mol. The van der Waals surface area contributed by atoms with E-state index < -0.39 is 5.97 Å². The average molecular weight is 460 g/mol. The van der Waals surface area contributed by atoms with Crippen LogP contribution in [0, 0.1) is 0 Å². The van der Waals surface area contributed by atoms with Crippen molar-refractivity contribution in [2.24, 2.45) is 0 Å². The van der Waals surface area contributed by atoms with Crippen molar-refractivity contribution in [1.82, 2.24) is 9.80 Å². The standard InChI is InChI=1S/C22H25N3O4S2/c1-28-21(27)16-14-18(15-6-3-2-4-7-15)31-19(16)23-22(30)25-11-9-24(10-12-25)20(26)17-8-5-13-29-17/h2-4,6-7,14,17H,5,8-13H2,1H3,(H,23,30). The second-order valence-corrected chi connectivity index (χ2v) is 8.89. The number of piperazine rings is 1. The molecule has 31 heavy (non-hydrogen) atoms. The molecule has 2 aliphatic rings. The van der Waals surface area contributed by atoms with E-state index in [9.17, 15) is 9.59 Å². The number of carbonyl (C=O) groups is 2. The first-order chi connectivity index (χ1) is 15.1. The summed E-state index contributed by atoms with van der Waals surface area (Å²) in [4.78, 5) is 29.7. The molecule has 0 bridgehead atoms. The summed E-state index contributed by atoms with van der Waals surface area (Å²) < 4.78 is 10.5. The van der Waals surface area contributed by atoms with Crippen molar-refractivity contribution >= 4 is 45.5 Å². The van der Waals surface area contributed by atoms with Gasteiger partial charge < -0.3 is 24.6 Å².